The number of hydrogen-bond acceptors (Lipinski definition) is 3. The minimum atomic E-state index is -3.96. The van der Waals surface area contributed by atoms with E-state index >= 15 is 0 Å². The Balaban J connectivity index is 3.28. The molecular formula is C10H12F2N2O3S. The fourth-order valence-electron chi connectivity index (χ4n) is 1.31. The lowest BCUT2D eigenvalue weighted by Gasteiger charge is -2.12. The highest BCUT2D eigenvalue weighted by Crippen LogP contribution is 2.23. The maximum Gasteiger partial charge on any atom is 0.315 e. The van der Waals surface area contributed by atoms with Crippen LogP contribution in [-0.4, -0.2) is 20.8 Å². The lowest BCUT2D eigenvalue weighted by atomic mass is 10.1. The Hall–Kier alpha value is -1.54. The molecular weight excluding hydrogens is 266 g/mol. The van der Waals surface area contributed by atoms with Crippen LogP contribution in [0.2, 0.25) is 0 Å². The largest absolute Gasteiger partial charge is 0.321 e. The van der Waals surface area contributed by atoms with Crippen LogP contribution in [0.4, 0.5) is 14.5 Å². The number of carbonyl (C=O) groups is 1. The molecule has 0 fully saturated rings. The van der Waals surface area contributed by atoms with E-state index in [4.69, 9.17) is 5.14 Å². The van der Waals surface area contributed by atoms with Gasteiger partial charge in [-0.1, -0.05) is 0 Å². The van der Waals surface area contributed by atoms with E-state index < -0.39 is 22.4 Å². The summed E-state index contributed by atoms with van der Waals surface area (Å²) >= 11 is 0. The molecule has 1 aromatic rings. The van der Waals surface area contributed by atoms with Crippen molar-refractivity contribution in [3.63, 3.8) is 0 Å². The molecule has 0 heterocycles. The first kappa shape index (κ1) is 14.5. The van der Waals surface area contributed by atoms with Gasteiger partial charge >= 0.3 is 6.43 Å². The van der Waals surface area contributed by atoms with E-state index in [0.29, 0.717) is 11.1 Å². The molecule has 0 aliphatic carbocycles. The molecule has 1 rings (SSSR count). The average molecular weight is 278 g/mol. The third kappa shape index (κ3) is 3.23. The van der Waals surface area contributed by atoms with Gasteiger partial charge in [0.15, 0.2) is 0 Å². The van der Waals surface area contributed by atoms with Crippen LogP contribution in [0.5, 0.6) is 0 Å². The van der Waals surface area contributed by atoms with Gasteiger partial charge in [-0.05, 0) is 37.1 Å². The summed E-state index contributed by atoms with van der Waals surface area (Å²) < 4.78 is 46.6. The number of nitrogens with two attached hydrogens (primary N) is 1. The SMILES string of the molecule is Cc1cc(S(N)(=O)=O)cc(NC(=O)C(F)F)c1C. The van der Waals surface area contributed by atoms with Gasteiger partial charge in [0.2, 0.25) is 10.0 Å². The summed E-state index contributed by atoms with van der Waals surface area (Å²) in [6.07, 6.45) is -3.18. The normalized spacial score (nSPS) is 11.7. The van der Waals surface area contributed by atoms with Gasteiger partial charge in [-0.15, -0.1) is 0 Å². The Labute approximate surface area is 103 Å². The Bertz CT molecular complexity index is 585. The third-order valence-corrected chi connectivity index (χ3v) is 3.32. The second-order valence-electron chi connectivity index (χ2n) is 3.75. The summed E-state index contributed by atoms with van der Waals surface area (Å²) in [5.74, 6) is -1.50. The van der Waals surface area contributed by atoms with E-state index in [9.17, 15) is 22.0 Å². The fraction of sp³-hybridized carbons (Fsp3) is 0.300. The average Bonchev–Trinajstić information content (AvgIpc) is 2.22. The maximum atomic E-state index is 12.1. The highest BCUT2D eigenvalue weighted by Gasteiger charge is 2.18. The van der Waals surface area contributed by atoms with Crippen molar-refractivity contribution in [2.24, 2.45) is 5.14 Å². The number of rotatable bonds is 3. The molecule has 8 heteroatoms. The number of aryl methyl sites for hydroxylation is 1. The number of alkyl halides is 2. The number of primary sulfonamides is 1. The highest BCUT2D eigenvalue weighted by molar-refractivity contribution is 7.89. The maximum absolute atomic E-state index is 12.1. The number of anilines is 1. The number of amides is 1. The van der Waals surface area contributed by atoms with Gasteiger partial charge in [-0.3, -0.25) is 4.79 Å². The Kier molecular flexibility index (Phi) is 4.02. The quantitative estimate of drug-likeness (QED) is 0.869. The van der Waals surface area contributed by atoms with Crippen LogP contribution in [0, 0.1) is 13.8 Å². The number of hydrogen-bond donors (Lipinski definition) is 2. The van der Waals surface area contributed by atoms with Crippen LogP contribution in [0.1, 0.15) is 11.1 Å². The number of benzene rings is 1. The Morgan fingerprint density at radius 3 is 2.33 bits per heavy atom. The molecule has 0 saturated carbocycles. The van der Waals surface area contributed by atoms with Crippen molar-refractivity contribution < 1.29 is 22.0 Å². The molecule has 0 bridgehead atoms. The van der Waals surface area contributed by atoms with E-state index in [1.54, 1.807) is 13.8 Å². The first-order chi connectivity index (χ1) is 8.12. The number of nitrogens with one attached hydrogen (secondary N) is 1. The van der Waals surface area contributed by atoms with Crippen molar-refractivity contribution in [2.75, 3.05) is 5.32 Å². The third-order valence-electron chi connectivity index (χ3n) is 2.43. The molecule has 1 aromatic carbocycles. The van der Waals surface area contributed by atoms with Gasteiger partial charge in [0.1, 0.15) is 0 Å². The second kappa shape index (κ2) is 4.99. The number of carbonyl (C=O) groups excluding carboxylic acids is 1. The summed E-state index contributed by atoms with van der Waals surface area (Å²) in [4.78, 5) is 10.7. The molecule has 0 atom stereocenters. The minimum Gasteiger partial charge on any atom is -0.321 e. The zero-order valence-electron chi connectivity index (χ0n) is 9.70. The van der Waals surface area contributed by atoms with E-state index in [1.165, 1.54) is 6.07 Å². The van der Waals surface area contributed by atoms with Crippen LogP contribution in [0.3, 0.4) is 0 Å². The summed E-state index contributed by atoms with van der Waals surface area (Å²) in [5, 5.41) is 6.90. The monoisotopic (exact) mass is 278 g/mol. The predicted octanol–water partition coefficient (Wildman–Crippen LogP) is 1.15. The highest BCUT2D eigenvalue weighted by atomic mass is 32.2. The van der Waals surface area contributed by atoms with E-state index in [-0.39, 0.29) is 10.6 Å². The van der Waals surface area contributed by atoms with Crippen molar-refractivity contribution in [2.45, 2.75) is 25.2 Å². The standard InChI is InChI=1S/C10H12F2N2O3S/c1-5-3-7(18(13,16)17)4-8(6(5)2)14-10(15)9(11)12/h3-4,9H,1-2H3,(H,14,15)(H2,13,16,17). The van der Waals surface area contributed by atoms with Gasteiger partial charge < -0.3 is 5.32 Å². The zero-order chi connectivity index (χ0) is 14.1. The van der Waals surface area contributed by atoms with Gasteiger partial charge in [0, 0.05) is 5.69 Å². The Morgan fingerprint density at radius 1 is 1.33 bits per heavy atom. The van der Waals surface area contributed by atoms with Crippen LogP contribution in [0.25, 0.3) is 0 Å². The topological polar surface area (TPSA) is 89.3 Å². The van der Waals surface area contributed by atoms with Crippen molar-refractivity contribution >= 4 is 21.6 Å². The van der Waals surface area contributed by atoms with Crippen LogP contribution in [0.15, 0.2) is 17.0 Å². The fourth-order valence-corrected chi connectivity index (χ4v) is 1.93. The van der Waals surface area contributed by atoms with E-state index in [2.05, 4.69) is 0 Å². The van der Waals surface area contributed by atoms with Crippen molar-refractivity contribution in [3.8, 4) is 0 Å². The molecule has 0 aliphatic rings. The molecule has 0 radical (unpaired) electrons. The van der Waals surface area contributed by atoms with Crippen molar-refractivity contribution in [1.29, 1.82) is 0 Å². The molecule has 100 valence electrons. The lowest BCUT2D eigenvalue weighted by molar-refractivity contribution is -0.126. The Morgan fingerprint density at radius 2 is 1.89 bits per heavy atom. The molecule has 3 N–H and O–H groups in total. The molecule has 1 amide bonds. The molecule has 0 saturated heterocycles. The minimum absolute atomic E-state index is 0.00400. The summed E-state index contributed by atoms with van der Waals surface area (Å²) in [6.45, 7) is 3.16. The number of sulfonamides is 1. The van der Waals surface area contributed by atoms with Gasteiger partial charge in [-0.25, -0.2) is 13.6 Å². The molecule has 0 aliphatic heterocycles. The summed E-state index contributed by atoms with van der Waals surface area (Å²) in [7, 11) is -3.96. The lowest BCUT2D eigenvalue weighted by Crippen LogP contribution is -2.21. The number of halogens is 2. The molecule has 0 aromatic heterocycles. The first-order valence-corrected chi connectivity index (χ1v) is 6.40. The smallest absolute Gasteiger partial charge is 0.315 e. The van der Waals surface area contributed by atoms with Crippen LogP contribution in [-0.2, 0) is 14.8 Å². The first-order valence-electron chi connectivity index (χ1n) is 4.86. The summed E-state index contributed by atoms with van der Waals surface area (Å²) in [6, 6.07) is 2.36. The van der Waals surface area contributed by atoms with Crippen molar-refractivity contribution in [1.82, 2.24) is 0 Å². The van der Waals surface area contributed by atoms with Crippen LogP contribution < -0.4 is 10.5 Å². The van der Waals surface area contributed by atoms with Crippen molar-refractivity contribution in [3.05, 3.63) is 23.3 Å². The zero-order valence-corrected chi connectivity index (χ0v) is 10.5. The van der Waals surface area contributed by atoms with Gasteiger partial charge in [-0.2, -0.15) is 8.78 Å². The predicted molar refractivity (Wildman–Crippen MR) is 61.9 cm³/mol. The van der Waals surface area contributed by atoms with Gasteiger partial charge in [0.25, 0.3) is 5.91 Å². The van der Waals surface area contributed by atoms with E-state index in [0.717, 1.165) is 6.07 Å². The molecule has 5 nitrogen and oxygen atoms in total. The van der Waals surface area contributed by atoms with E-state index in [1.807, 2.05) is 5.32 Å². The van der Waals surface area contributed by atoms with Gasteiger partial charge in [0.05, 0.1) is 4.90 Å². The molecule has 0 spiro atoms. The molecule has 0 unspecified atom stereocenters. The summed E-state index contributed by atoms with van der Waals surface area (Å²) in [5.41, 5.74) is 1.02. The van der Waals surface area contributed by atoms with Crippen LogP contribution >= 0.6 is 0 Å². The molecule has 18 heavy (non-hydrogen) atoms. The second-order valence-corrected chi connectivity index (χ2v) is 5.31.